The van der Waals surface area contributed by atoms with Crippen molar-refractivity contribution in [1.29, 1.82) is 0 Å². The quantitative estimate of drug-likeness (QED) is 0.750. The van der Waals surface area contributed by atoms with E-state index in [1.54, 1.807) is 0 Å². The molecule has 0 fully saturated rings. The predicted molar refractivity (Wildman–Crippen MR) is 89.0 cm³/mol. The molecule has 0 spiro atoms. The molecule has 0 heterocycles. The molecule has 0 radical (unpaired) electrons. The summed E-state index contributed by atoms with van der Waals surface area (Å²) in [7, 11) is 1.49. The first kappa shape index (κ1) is 20.6. The summed E-state index contributed by atoms with van der Waals surface area (Å²) in [6.07, 6.45) is -4.85. The molecule has 0 aliphatic carbocycles. The molecule has 4 nitrogen and oxygen atoms in total. The maximum absolute atomic E-state index is 13.6. The summed E-state index contributed by atoms with van der Waals surface area (Å²) in [5, 5.41) is 2.16. The molecule has 1 atom stereocenters. The van der Waals surface area contributed by atoms with Crippen molar-refractivity contribution in [2.75, 3.05) is 12.4 Å². The van der Waals surface area contributed by atoms with Gasteiger partial charge in [0.1, 0.15) is 23.1 Å². The van der Waals surface area contributed by atoms with Crippen LogP contribution >= 0.6 is 0 Å². The normalized spacial score (nSPS) is 12.7. The van der Waals surface area contributed by atoms with Gasteiger partial charge in [0.15, 0.2) is 0 Å². The van der Waals surface area contributed by atoms with Gasteiger partial charge in [-0.1, -0.05) is 24.3 Å². The molecule has 1 amide bonds. The highest BCUT2D eigenvalue weighted by Gasteiger charge is 2.32. The van der Waals surface area contributed by atoms with Gasteiger partial charge in [-0.05, 0) is 32.2 Å². The number of ether oxygens (including phenoxy) is 1. The van der Waals surface area contributed by atoms with Crippen LogP contribution in [0.25, 0.3) is 0 Å². The van der Waals surface area contributed by atoms with Gasteiger partial charge in [0.2, 0.25) is 5.91 Å². The Bertz CT molecular complexity index is 790. The molecular weight excluding hydrogens is 371 g/mol. The molecule has 27 heavy (non-hydrogen) atoms. The summed E-state index contributed by atoms with van der Waals surface area (Å²) >= 11 is 0. The summed E-state index contributed by atoms with van der Waals surface area (Å²) in [6, 6.07) is 7.79. The molecule has 0 aliphatic rings. The molecule has 0 aliphatic heterocycles. The van der Waals surface area contributed by atoms with E-state index in [-0.39, 0.29) is 17.9 Å². The Morgan fingerprint density at radius 1 is 1.11 bits per heavy atom. The number of alkyl halides is 3. The van der Waals surface area contributed by atoms with Gasteiger partial charge < -0.3 is 10.1 Å². The number of rotatable bonds is 6. The first-order chi connectivity index (χ1) is 12.6. The van der Waals surface area contributed by atoms with Crippen molar-refractivity contribution in [3.05, 3.63) is 59.7 Å². The third-order valence-electron chi connectivity index (χ3n) is 3.87. The zero-order chi connectivity index (χ0) is 20.2. The van der Waals surface area contributed by atoms with E-state index in [1.165, 1.54) is 37.1 Å². The molecule has 0 aromatic heterocycles. The van der Waals surface area contributed by atoms with Gasteiger partial charge in [-0.25, -0.2) is 8.78 Å². The van der Waals surface area contributed by atoms with Gasteiger partial charge in [0.05, 0.1) is 6.04 Å². The van der Waals surface area contributed by atoms with Crippen molar-refractivity contribution >= 4 is 11.6 Å². The van der Waals surface area contributed by atoms with E-state index in [1.807, 2.05) is 0 Å². The van der Waals surface area contributed by atoms with E-state index in [0.29, 0.717) is 0 Å². The number of carbonyl (C=O) groups excluding carboxylic acids is 1. The molecule has 146 valence electrons. The number of amides is 1. The average Bonchev–Trinajstić information content (AvgIpc) is 2.58. The van der Waals surface area contributed by atoms with Crippen molar-refractivity contribution in [1.82, 2.24) is 4.90 Å². The number of hydrogen-bond acceptors (Lipinski definition) is 3. The van der Waals surface area contributed by atoms with Crippen LogP contribution in [0.5, 0.6) is 5.75 Å². The predicted octanol–water partition coefficient (Wildman–Crippen LogP) is 4.32. The van der Waals surface area contributed by atoms with E-state index in [4.69, 9.17) is 0 Å². The highest BCUT2D eigenvalue weighted by molar-refractivity contribution is 5.94. The number of nitrogens with zero attached hydrogens (tertiary/aromatic N) is 1. The number of hydrogen-bond donors (Lipinski definition) is 1. The second-order valence-electron chi connectivity index (χ2n) is 5.83. The summed E-state index contributed by atoms with van der Waals surface area (Å²) in [5.41, 5.74) is -0.377. The monoisotopic (exact) mass is 388 g/mol. The summed E-state index contributed by atoms with van der Waals surface area (Å²) in [6.45, 7) is 1.40. The lowest BCUT2D eigenvalue weighted by Crippen LogP contribution is -2.39. The van der Waals surface area contributed by atoms with Gasteiger partial charge >= 0.3 is 6.36 Å². The number of likely N-dealkylation sites (N-methyl/N-ethyl adjacent to an activating group) is 1. The fraction of sp³-hybridized carbons (Fsp3) is 0.278. The van der Waals surface area contributed by atoms with Crippen LogP contribution < -0.4 is 10.1 Å². The van der Waals surface area contributed by atoms with Gasteiger partial charge in [-0.3, -0.25) is 9.69 Å². The number of nitrogens with one attached hydrogen (secondary N) is 1. The average molecular weight is 388 g/mol. The molecule has 0 bridgehead atoms. The van der Waals surface area contributed by atoms with Gasteiger partial charge in [0, 0.05) is 12.1 Å². The summed E-state index contributed by atoms with van der Waals surface area (Å²) < 4.78 is 68.7. The molecule has 1 unspecified atom stereocenters. The lowest BCUT2D eigenvalue weighted by atomic mass is 10.1. The number of halogens is 5. The minimum absolute atomic E-state index is 0.0550. The maximum atomic E-state index is 13.6. The Hall–Kier alpha value is -2.68. The third kappa shape index (κ3) is 5.65. The first-order valence-corrected chi connectivity index (χ1v) is 7.87. The van der Waals surface area contributed by atoms with Crippen molar-refractivity contribution in [2.24, 2.45) is 0 Å². The molecule has 0 saturated carbocycles. The first-order valence-electron chi connectivity index (χ1n) is 7.87. The van der Waals surface area contributed by atoms with Crippen LogP contribution in [-0.4, -0.2) is 30.3 Å². The van der Waals surface area contributed by atoms with Crippen molar-refractivity contribution in [3.8, 4) is 5.75 Å². The Kier molecular flexibility index (Phi) is 6.37. The van der Waals surface area contributed by atoms with Crippen LogP contribution in [0.2, 0.25) is 0 Å². The number of para-hydroxylation sites is 2. The molecular formula is C18H17F5N2O2. The second-order valence-corrected chi connectivity index (χ2v) is 5.83. The Morgan fingerprint density at radius 3 is 2.30 bits per heavy atom. The SMILES string of the molecule is CC(C(=O)Nc1c(F)cccc1F)N(C)Cc1ccccc1OC(F)(F)F. The standard InChI is InChI=1S/C18H17F5N2O2/c1-11(17(26)24-16-13(19)7-5-8-14(16)20)25(2)10-12-6-3-4-9-15(12)27-18(21,22)23/h3-9,11H,10H2,1-2H3,(H,24,26). The van der Waals surface area contributed by atoms with E-state index < -0.39 is 35.6 Å². The lowest BCUT2D eigenvalue weighted by molar-refractivity contribution is -0.275. The van der Waals surface area contributed by atoms with Crippen LogP contribution in [0.4, 0.5) is 27.6 Å². The van der Waals surface area contributed by atoms with Crippen LogP contribution in [0.3, 0.4) is 0 Å². The summed E-state index contributed by atoms with van der Waals surface area (Å²) in [5.74, 6) is -2.95. The van der Waals surface area contributed by atoms with Gasteiger partial charge in [-0.15, -0.1) is 13.2 Å². The van der Waals surface area contributed by atoms with E-state index >= 15 is 0 Å². The Balaban J connectivity index is 2.10. The van der Waals surface area contributed by atoms with Crippen molar-refractivity contribution in [2.45, 2.75) is 25.9 Å². The molecule has 9 heteroatoms. The van der Waals surface area contributed by atoms with Crippen LogP contribution in [-0.2, 0) is 11.3 Å². The molecule has 2 rings (SSSR count). The molecule has 2 aromatic rings. The van der Waals surface area contributed by atoms with E-state index in [0.717, 1.165) is 24.3 Å². The molecule has 2 aromatic carbocycles. The van der Waals surface area contributed by atoms with Gasteiger partial charge in [-0.2, -0.15) is 0 Å². The van der Waals surface area contributed by atoms with Crippen LogP contribution in [0.1, 0.15) is 12.5 Å². The fourth-order valence-electron chi connectivity index (χ4n) is 2.31. The minimum Gasteiger partial charge on any atom is -0.405 e. The summed E-state index contributed by atoms with van der Waals surface area (Å²) in [4.78, 5) is 13.7. The Labute approximate surface area is 152 Å². The largest absolute Gasteiger partial charge is 0.573 e. The lowest BCUT2D eigenvalue weighted by Gasteiger charge is -2.25. The van der Waals surface area contributed by atoms with E-state index in [9.17, 15) is 26.7 Å². The smallest absolute Gasteiger partial charge is 0.405 e. The van der Waals surface area contributed by atoms with Gasteiger partial charge in [0.25, 0.3) is 0 Å². The number of anilines is 1. The zero-order valence-electron chi connectivity index (χ0n) is 14.5. The second kappa shape index (κ2) is 8.34. The fourth-order valence-corrected chi connectivity index (χ4v) is 2.31. The van der Waals surface area contributed by atoms with Crippen LogP contribution in [0, 0.1) is 11.6 Å². The number of carbonyl (C=O) groups is 1. The van der Waals surface area contributed by atoms with Crippen molar-refractivity contribution < 1.29 is 31.5 Å². The topological polar surface area (TPSA) is 41.6 Å². The minimum atomic E-state index is -4.85. The highest BCUT2D eigenvalue weighted by Crippen LogP contribution is 2.27. The maximum Gasteiger partial charge on any atom is 0.573 e. The number of benzene rings is 2. The third-order valence-corrected chi connectivity index (χ3v) is 3.87. The highest BCUT2D eigenvalue weighted by atomic mass is 19.4. The zero-order valence-corrected chi connectivity index (χ0v) is 14.5. The van der Waals surface area contributed by atoms with Crippen molar-refractivity contribution in [3.63, 3.8) is 0 Å². The molecule has 1 N–H and O–H groups in total. The molecule has 0 saturated heterocycles. The Morgan fingerprint density at radius 2 is 1.70 bits per heavy atom. The van der Waals surface area contributed by atoms with Crippen LogP contribution in [0.15, 0.2) is 42.5 Å². The van der Waals surface area contributed by atoms with E-state index in [2.05, 4.69) is 10.1 Å².